The van der Waals surface area contributed by atoms with Gasteiger partial charge in [0.05, 0.1) is 0 Å². The lowest BCUT2D eigenvalue weighted by Crippen LogP contribution is -2.13. The third-order valence-electron chi connectivity index (χ3n) is 4.78. The average Bonchev–Trinajstić information content (AvgIpc) is 2.57. The normalized spacial score (nSPS) is 11.2. The molecule has 0 aliphatic rings. The smallest absolute Gasteiger partial charge is 0.00484 e. The Kier molecular flexibility index (Phi) is 21.9. The van der Waals surface area contributed by atoms with Crippen molar-refractivity contribution >= 4 is 0 Å². The highest BCUT2D eigenvalue weighted by Gasteiger charge is 1.95. The monoisotopic (exact) mass is 323 g/mol. The standard InChI is InChI=1S/C22H45N/c1-3-5-6-7-8-9-10-11-12-13-14-15-16-17-18-19-20-21-22-23-4-2/h23H,1-22H2. The van der Waals surface area contributed by atoms with E-state index in [1.165, 1.54) is 109 Å². The van der Waals surface area contributed by atoms with Crippen LogP contribution in [-0.4, -0.2) is 13.1 Å². The van der Waals surface area contributed by atoms with E-state index in [0.717, 1.165) is 19.5 Å². The van der Waals surface area contributed by atoms with Crippen molar-refractivity contribution in [3.8, 4) is 0 Å². The second-order valence-electron chi connectivity index (χ2n) is 7.11. The number of hydrogen-bond acceptors (Lipinski definition) is 1. The highest BCUT2D eigenvalue weighted by Crippen LogP contribution is 2.14. The first-order valence-electron chi connectivity index (χ1n) is 10.7. The summed E-state index contributed by atoms with van der Waals surface area (Å²) in [7, 11) is 0. The fourth-order valence-electron chi connectivity index (χ4n) is 3.20. The summed E-state index contributed by atoms with van der Waals surface area (Å²) in [4.78, 5) is 0. The van der Waals surface area contributed by atoms with E-state index < -0.39 is 0 Å². The van der Waals surface area contributed by atoms with Gasteiger partial charge in [0.1, 0.15) is 0 Å². The summed E-state index contributed by atoms with van der Waals surface area (Å²) in [5, 5.41) is 3.29. The summed E-state index contributed by atoms with van der Waals surface area (Å²) in [5.41, 5.74) is 0. The van der Waals surface area contributed by atoms with Crippen molar-refractivity contribution in [2.75, 3.05) is 13.1 Å². The molecule has 0 aromatic carbocycles. The summed E-state index contributed by atoms with van der Waals surface area (Å²) >= 11 is 0. The first-order chi connectivity index (χ1) is 11.4. The van der Waals surface area contributed by atoms with Gasteiger partial charge in [0, 0.05) is 0 Å². The van der Waals surface area contributed by atoms with Gasteiger partial charge in [-0.15, -0.1) is 0 Å². The van der Waals surface area contributed by atoms with Crippen molar-refractivity contribution in [1.82, 2.24) is 5.32 Å². The third kappa shape index (κ3) is 22.0. The third-order valence-corrected chi connectivity index (χ3v) is 4.78. The number of unbranched alkanes of at least 4 members (excludes halogenated alkanes) is 17. The summed E-state index contributed by atoms with van der Waals surface area (Å²) in [5.74, 6) is 0. The summed E-state index contributed by atoms with van der Waals surface area (Å²) in [6, 6.07) is 0. The summed E-state index contributed by atoms with van der Waals surface area (Å²) < 4.78 is 0. The van der Waals surface area contributed by atoms with Gasteiger partial charge >= 0.3 is 0 Å². The van der Waals surface area contributed by atoms with E-state index in [-0.39, 0.29) is 0 Å². The van der Waals surface area contributed by atoms with Crippen LogP contribution < -0.4 is 5.32 Å². The molecule has 0 aromatic rings. The molecular weight excluding hydrogens is 278 g/mol. The Morgan fingerprint density at radius 3 is 1.00 bits per heavy atom. The van der Waals surface area contributed by atoms with E-state index in [9.17, 15) is 0 Å². The van der Waals surface area contributed by atoms with Crippen LogP contribution in [0, 0.1) is 13.8 Å². The van der Waals surface area contributed by atoms with Crippen molar-refractivity contribution in [3.63, 3.8) is 0 Å². The highest BCUT2D eigenvalue weighted by atomic mass is 14.8. The molecule has 2 radical (unpaired) electrons. The van der Waals surface area contributed by atoms with Gasteiger partial charge < -0.3 is 5.32 Å². The van der Waals surface area contributed by atoms with Gasteiger partial charge in [-0.05, 0) is 26.4 Å². The summed E-state index contributed by atoms with van der Waals surface area (Å²) in [6.45, 7) is 9.71. The van der Waals surface area contributed by atoms with Gasteiger partial charge in [-0.1, -0.05) is 116 Å². The zero-order chi connectivity index (χ0) is 16.8. The Morgan fingerprint density at radius 1 is 0.391 bits per heavy atom. The molecule has 0 fully saturated rings. The number of nitrogens with one attached hydrogen (secondary N) is 1. The zero-order valence-electron chi connectivity index (χ0n) is 16.1. The maximum Gasteiger partial charge on any atom is -0.00484 e. The molecule has 0 amide bonds. The molecule has 0 heterocycles. The second kappa shape index (κ2) is 22.0. The average molecular weight is 324 g/mol. The van der Waals surface area contributed by atoms with Gasteiger partial charge in [-0.25, -0.2) is 0 Å². The topological polar surface area (TPSA) is 12.0 Å². The molecule has 1 nitrogen and oxygen atoms in total. The predicted molar refractivity (Wildman–Crippen MR) is 107 cm³/mol. The molecule has 1 N–H and O–H groups in total. The zero-order valence-corrected chi connectivity index (χ0v) is 16.1. The van der Waals surface area contributed by atoms with Crippen LogP contribution in [0.3, 0.4) is 0 Å². The van der Waals surface area contributed by atoms with E-state index in [4.69, 9.17) is 0 Å². The minimum absolute atomic E-state index is 0.872. The lowest BCUT2D eigenvalue weighted by molar-refractivity contribution is 0.524. The van der Waals surface area contributed by atoms with Gasteiger partial charge in [0.15, 0.2) is 0 Å². The Balaban J connectivity index is 2.92. The molecule has 0 saturated heterocycles. The molecule has 0 rings (SSSR count). The van der Waals surface area contributed by atoms with Crippen molar-refractivity contribution in [1.29, 1.82) is 0 Å². The first kappa shape index (κ1) is 23.0. The van der Waals surface area contributed by atoms with Crippen molar-refractivity contribution in [3.05, 3.63) is 13.8 Å². The van der Waals surface area contributed by atoms with Crippen LogP contribution in [0.1, 0.15) is 116 Å². The predicted octanol–water partition coefficient (Wildman–Crippen LogP) is 7.27. The fourth-order valence-corrected chi connectivity index (χ4v) is 3.20. The van der Waals surface area contributed by atoms with Crippen LogP contribution in [0.15, 0.2) is 0 Å². The minimum Gasteiger partial charge on any atom is -0.317 e. The van der Waals surface area contributed by atoms with Gasteiger partial charge in [0.25, 0.3) is 0 Å². The molecule has 1 heteroatoms. The van der Waals surface area contributed by atoms with Crippen LogP contribution in [0.5, 0.6) is 0 Å². The summed E-state index contributed by atoms with van der Waals surface area (Å²) in [6.07, 6.45) is 25.5. The SMILES string of the molecule is [CH2]CCCCCCCCCCCCCCCCCCCNC[CH2]. The molecule has 0 aliphatic carbocycles. The maximum absolute atomic E-state index is 3.90. The quantitative estimate of drug-likeness (QED) is 0.232. The van der Waals surface area contributed by atoms with E-state index in [1.807, 2.05) is 0 Å². The largest absolute Gasteiger partial charge is 0.317 e. The van der Waals surface area contributed by atoms with Crippen LogP contribution in [0.2, 0.25) is 0 Å². The van der Waals surface area contributed by atoms with Crippen molar-refractivity contribution < 1.29 is 0 Å². The van der Waals surface area contributed by atoms with Gasteiger partial charge in [-0.3, -0.25) is 0 Å². The molecule has 0 saturated carbocycles. The molecule has 0 unspecified atom stereocenters. The Bertz CT molecular complexity index is 170. The van der Waals surface area contributed by atoms with Crippen LogP contribution in [0.25, 0.3) is 0 Å². The Hall–Kier alpha value is -0.0400. The van der Waals surface area contributed by atoms with Crippen molar-refractivity contribution in [2.45, 2.75) is 116 Å². The molecular formula is C22H45N. The van der Waals surface area contributed by atoms with E-state index in [1.54, 1.807) is 0 Å². The second-order valence-corrected chi connectivity index (χ2v) is 7.11. The van der Waals surface area contributed by atoms with Gasteiger partial charge in [-0.2, -0.15) is 0 Å². The Labute approximate surface area is 148 Å². The number of rotatable bonds is 20. The van der Waals surface area contributed by atoms with Crippen LogP contribution >= 0.6 is 0 Å². The maximum atomic E-state index is 3.90. The molecule has 138 valence electrons. The molecule has 0 aliphatic heterocycles. The van der Waals surface area contributed by atoms with Crippen LogP contribution in [-0.2, 0) is 0 Å². The fraction of sp³-hybridized carbons (Fsp3) is 0.909. The lowest BCUT2D eigenvalue weighted by Gasteiger charge is -2.04. The molecule has 0 aromatic heterocycles. The molecule has 23 heavy (non-hydrogen) atoms. The lowest BCUT2D eigenvalue weighted by atomic mass is 10.0. The van der Waals surface area contributed by atoms with Crippen LogP contribution in [0.4, 0.5) is 0 Å². The number of hydrogen-bond donors (Lipinski definition) is 1. The minimum atomic E-state index is 0.872. The first-order valence-corrected chi connectivity index (χ1v) is 10.7. The van der Waals surface area contributed by atoms with Gasteiger partial charge in [0.2, 0.25) is 0 Å². The van der Waals surface area contributed by atoms with E-state index in [0.29, 0.717) is 0 Å². The molecule has 0 bridgehead atoms. The Morgan fingerprint density at radius 2 is 0.696 bits per heavy atom. The molecule has 0 spiro atoms. The van der Waals surface area contributed by atoms with E-state index in [2.05, 4.69) is 19.2 Å². The molecule has 0 atom stereocenters. The van der Waals surface area contributed by atoms with E-state index >= 15 is 0 Å². The van der Waals surface area contributed by atoms with Crippen molar-refractivity contribution in [2.24, 2.45) is 0 Å². The highest BCUT2D eigenvalue weighted by molar-refractivity contribution is 4.52.